The standard InChI is InChI=1S/C26H28S.C3H6.C2H6/c1-4-6-12-21-18(3)17-27-25-15-10-9-14-23(25)20(5-2)24-16-19-11-7-8-13-22(19)26(21)24;1-3-2;1-2/h4,6-11,13-15,18H,5,12,16-17H2,1-3H3;3H,1H2,2H3;1-2H3/b6-4-,24-20+,26-21-;;. The van der Waals surface area contributed by atoms with E-state index in [9.17, 15) is 0 Å². The third-order valence-corrected chi connectivity index (χ3v) is 7.20. The monoisotopic (exact) mass is 444 g/mol. The summed E-state index contributed by atoms with van der Waals surface area (Å²) in [6.07, 6.45) is 9.48. The molecule has 1 heterocycles. The van der Waals surface area contributed by atoms with Crippen molar-refractivity contribution in [3.63, 3.8) is 0 Å². The molecule has 0 radical (unpaired) electrons. The first-order valence-electron chi connectivity index (χ1n) is 12.1. The molecule has 2 aromatic carbocycles. The summed E-state index contributed by atoms with van der Waals surface area (Å²) in [6, 6.07) is 18.1. The number of thioether (sulfide) groups is 1. The van der Waals surface area contributed by atoms with E-state index in [1.54, 1.807) is 22.8 Å². The fraction of sp³-hybridized carbons (Fsp3) is 0.355. The van der Waals surface area contributed by atoms with E-state index in [-0.39, 0.29) is 0 Å². The van der Waals surface area contributed by atoms with Gasteiger partial charge in [0.15, 0.2) is 0 Å². The third kappa shape index (κ3) is 5.75. The smallest absolute Gasteiger partial charge is 0.0147 e. The molecule has 0 amide bonds. The van der Waals surface area contributed by atoms with Crippen LogP contribution in [0.5, 0.6) is 0 Å². The van der Waals surface area contributed by atoms with Crippen LogP contribution < -0.4 is 0 Å². The van der Waals surface area contributed by atoms with Crippen LogP contribution in [0, 0.1) is 5.92 Å². The highest BCUT2D eigenvalue weighted by Gasteiger charge is 2.29. The van der Waals surface area contributed by atoms with Gasteiger partial charge >= 0.3 is 0 Å². The molecular formula is C31H40S. The molecule has 0 saturated carbocycles. The van der Waals surface area contributed by atoms with E-state index in [1.165, 1.54) is 27.2 Å². The molecule has 0 fully saturated rings. The van der Waals surface area contributed by atoms with Crippen molar-refractivity contribution in [2.75, 3.05) is 5.75 Å². The Labute approximate surface area is 201 Å². The molecule has 1 aliphatic heterocycles. The number of rotatable bonds is 3. The van der Waals surface area contributed by atoms with Gasteiger partial charge < -0.3 is 0 Å². The second kappa shape index (κ2) is 13.3. The van der Waals surface area contributed by atoms with Gasteiger partial charge in [-0.2, -0.15) is 0 Å². The van der Waals surface area contributed by atoms with Crippen molar-refractivity contribution in [3.05, 3.63) is 101 Å². The first-order chi connectivity index (χ1) is 15.7. The van der Waals surface area contributed by atoms with E-state index in [1.807, 2.05) is 32.5 Å². The van der Waals surface area contributed by atoms with E-state index in [0.717, 1.165) is 25.0 Å². The zero-order valence-corrected chi connectivity index (χ0v) is 21.7. The second-order valence-electron chi connectivity index (χ2n) is 7.93. The Morgan fingerprint density at radius 3 is 2.28 bits per heavy atom. The van der Waals surface area contributed by atoms with Crippen LogP contribution >= 0.6 is 11.8 Å². The van der Waals surface area contributed by atoms with Crippen LogP contribution in [-0.4, -0.2) is 5.75 Å². The van der Waals surface area contributed by atoms with Crippen LogP contribution in [0.1, 0.15) is 71.1 Å². The highest BCUT2D eigenvalue weighted by molar-refractivity contribution is 7.99. The summed E-state index contributed by atoms with van der Waals surface area (Å²) in [5.74, 6) is 1.70. The van der Waals surface area contributed by atoms with Crippen molar-refractivity contribution in [3.8, 4) is 0 Å². The molecule has 1 unspecified atom stereocenters. The summed E-state index contributed by atoms with van der Waals surface area (Å²) in [4.78, 5) is 1.44. The molecule has 0 nitrogen and oxygen atoms in total. The van der Waals surface area contributed by atoms with Crippen molar-refractivity contribution < 1.29 is 0 Å². The first kappa shape index (κ1) is 26.0. The van der Waals surface area contributed by atoms with Gasteiger partial charge in [0.2, 0.25) is 0 Å². The van der Waals surface area contributed by atoms with Crippen molar-refractivity contribution in [2.45, 2.75) is 65.7 Å². The lowest BCUT2D eigenvalue weighted by molar-refractivity contribution is 0.763. The lowest BCUT2D eigenvalue weighted by Crippen LogP contribution is -2.05. The zero-order chi connectivity index (χ0) is 23.5. The Morgan fingerprint density at radius 1 is 1.00 bits per heavy atom. The summed E-state index contributed by atoms with van der Waals surface area (Å²) >= 11 is 2.03. The first-order valence-corrected chi connectivity index (χ1v) is 13.1. The Balaban J connectivity index is 0.000000671. The van der Waals surface area contributed by atoms with Gasteiger partial charge in [-0.15, -0.1) is 18.3 Å². The highest BCUT2D eigenvalue weighted by Crippen LogP contribution is 2.48. The molecule has 0 saturated heterocycles. The Bertz CT molecular complexity index is 987. The fourth-order valence-electron chi connectivity index (χ4n) is 4.50. The maximum atomic E-state index is 3.36. The average Bonchev–Trinajstić information content (AvgIpc) is 3.21. The van der Waals surface area contributed by atoms with Gasteiger partial charge in [0.25, 0.3) is 0 Å². The molecule has 1 atom stereocenters. The molecule has 1 aliphatic carbocycles. The highest BCUT2D eigenvalue weighted by atomic mass is 32.2. The molecule has 0 spiro atoms. The van der Waals surface area contributed by atoms with E-state index < -0.39 is 0 Å². The van der Waals surface area contributed by atoms with E-state index in [4.69, 9.17) is 0 Å². The van der Waals surface area contributed by atoms with Gasteiger partial charge in [-0.1, -0.05) is 94.0 Å². The van der Waals surface area contributed by atoms with E-state index in [2.05, 4.69) is 88.0 Å². The van der Waals surface area contributed by atoms with Crippen LogP contribution in [0.3, 0.4) is 0 Å². The van der Waals surface area contributed by atoms with Crippen LogP contribution in [-0.2, 0) is 6.42 Å². The molecule has 32 heavy (non-hydrogen) atoms. The normalized spacial score (nSPS) is 21.5. The predicted molar refractivity (Wildman–Crippen MR) is 147 cm³/mol. The number of hydrogen-bond acceptors (Lipinski definition) is 1. The summed E-state index contributed by atoms with van der Waals surface area (Å²) < 4.78 is 0. The molecular weight excluding hydrogens is 404 g/mol. The maximum Gasteiger partial charge on any atom is 0.0147 e. The lowest BCUT2D eigenvalue weighted by Gasteiger charge is -2.19. The number of benzene rings is 2. The number of fused-ring (bicyclic) bond motifs is 4. The van der Waals surface area contributed by atoms with E-state index >= 15 is 0 Å². The van der Waals surface area contributed by atoms with Gasteiger partial charge in [-0.3, -0.25) is 0 Å². The summed E-state index contributed by atoms with van der Waals surface area (Å²) in [6.45, 7) is 16.1. The molecule has 2 aromatic rings. The Hall–Kier alpha value is -2.25. The maximum absolute atomic E-state index is 3.36. The van der Waals surface area contributed by atoms with Gasteiger partial charge in [0, 0.05) is 10.6 Å². The second-order valence-corrected chi connectivity index (χ2v) is 9.00. The molecule has 2 aliphatic rings. The van der Waals surface area contributed by atoms with Gasteiger partial charge in [-0.25, -0.2) is 0 Å². The largest absolute Gasteiger partial charge is 0.125 e. The fourth-order valence-corrected chi connectivity index (χ4v) is 5.65. The van der Waals surface area contributed by atoms with Crippen molar-refractivity contribution >= 4 is 22.9 Å². The summed E-state index contributed by atoms with van der Waals surface area (Å²) in [5, 5.41) is 0. The Kier molecular flexibility index (Phi) is 10.8. The quantitative estimate of drug-likeness (QED) is 0.424. The van der Waals surface area contributed by atoms with Gasteiger partial charge in [0.1, 0.15) is 0 Å². The van der Waals surface area contributed by atoms with Crippen molar-refractivity contribution in [2.24, 2.45) is 5.92 Å². The van der Waals surface area contributed by atoms with E-state index in [0.29, 0.717) is 5.92 Å². The minimum atomic E-state index is 0.562. The Morgan fingerprint density at radius 2 is 1.62 bits per heavy atom. The molecule has 1 heteroatoms. The molecule has 0 bridgehead atoms. The number of hydrogen-bond donors (Lipinski definition) is 0. The van der Waals surface area contributed by atoms with Crippen molar-refractivity contribution in [1.82, 2.24) is 0 Å². The van der Waals surface area contributed by atoms with Crippen LogP contribution in [0.2, 0.25) is 0 Å². The SMILES string of the molecule is C/C=C\C/C1=C2/C(=C(\CC)c3ccccc3SCC1C)Cc1ccccc12.C=CC.CC. The molecule has 0 N–H and O–H groups in total. The molecule has 170 valence electrons. The summed E-state index contributed by atoms with van der Waals surface area (Å²) in [5.41, 5.74) is 10.7. The van der Waals surface area contributed by atoms with Crippen LogP contribution in [0.15, 0.2) is 89.4 Å². The number of allylic oxidation sites excluding steroid dienone is 7. The topological polar surface area (TPSA) is 0 Å². The third-order valence-electron chi connectivity index (χ3n) is 5.86. The van der Waals surface area contributed by atoms with Crippen LogP contribution in [0.4, 0.5) is 0 Å². The average molecular weight is 445 g/mol. The van der Waals surface area contributed by atoms with Crippen LogP contribution in [0.25, 0.3) is 11.1 Å². The zero-order valence-electron chi connectivity index (χ0n) is 20.9. The molecule has 4 rings (SSSR count). The summed E-state index contributed by atoms with van der Waals surface area (Å²) in [7, 11) is 0. The minimum absolute atomic E-state index is 0.562. The molecule has 0 aromatic heterocycles. The van der Waals surface area contributed by atoms with Crippen molar-refractivity contribution in [1.29, 1.82) is 0 Å². The lowest BCUT2D eigenvalue weighted by atomic mass is 9.85. The minimum Gasteiger partial charge on any atom is -0.125 e. The predicted octanol–water partition coefficient (Wildman–Crippen LogP) is 9.79. The van der Waals surface area contributed by atoms with Gasteiger partial charge in [0.05, 0.1) is 0 Å². The van der Waals surface area contributed by atoms with Gasteiger partial charge in [-0.05, 0) is 78.5 Å².